The van der Waals surface area contributed by atoms with Crippen LogP contribution in [0.1, 0.15) is 31.4 Å². The molecular formula is C28H30BrCl2N3O4S. The highest BCUT2D eigenvalue weighted by atomic mass is 79.9. The molecule has 1 atom stereocenters. The summed E-state index contributed by atoms with van der Waals surface area (Å²) < 4.78 is 29.4. The molecule has 0 aliphatic rings. The van der Waals surface area contributed by atoms with E-state index in [2.05, 4.69) is 21.2 Å². The first-order valence-corrected chi connectivity index (χ1v) is 15.3. The molecule has 3 aromatic carbocycles. The first-order chi connectivity index (χ1) is 18.5. The summed E-state index contributed by atoms with van der Waals surface area (Å²) in [5, 5.41) is 3.54. The minimum absolute atomic E-state index is 0.0125. The fourth-order valence-corrected chi connectivity index (χ4v) is 6.30. The van der Waals surface area contributed by atoms with Crippen LogP contribution in [0.4, 0.5) is 5.69 Å². The third kappa shape index (κ3) is 7.75. The Morgan fingerprint density at radius 2 is 1.69 bits per heavy atom. The summed E-state index contributed by atoms with van der Waals surface area (Å²) in [5.74, 6) is -0.899. The second-order valence-corrected chi connectivity index (χ2v) is 12.5. The Bertz CT molecular complexity index is 1430. The average molecular weight is 655 g/mol. The summed E-state index contributed by atoms with van der Waals surface area (Å²) in [7, 11) is -4.14. The van der Waals surface area contributed by atoms with E-state index in [1.54, 1.807) is 68.4 Å². The summed E-state index contributed by atoms with van der Waals surface area (Å²) in [6, 6.07) is 17.2. The van der Waals surface area contributed by atoms with Crippen molar-refractivity contribution in [1.29, 1.82) is 0 Å². The van der Waals surface area contributed by atoms with Gasteiger partial charge in [-0.25, -0.2) is 8.42 Å². The van der Waals surface area contributed by atoms with Crippen molar-refractivity contribution in [3.05, 3.63) is 92.4 Å². The topological polar surface area (TPSA) is 86.8 Å². The van der Waals surface area contributed by atoms with E-state index >= 15 is 0 Å². The van der Waals surface area contributed by atoms with E-state index in [0.29, 0.717) is 38.7 Å². The number of aryl methyl sites for hydroxylation is 1. The molecule has 0 radical (unpaired) electrons. The molecule has 0 aromatic heterocycles. The van der Waals surface area contributed by atoms with Gasteiger partial charge in [0.15, 0.2) is 0 Å². The normalized spacial score (nSPS) is 12.1. The fourth-order valence-electron chi connectivity index (χ4n) is 4.04. The summed E-state index contributed by atoms with van der Waals surface area (Å²) in [4.78, 5) is 28.4. The molecule has 2 amide bonds. The first kappa shape index (κ1) is 30.9. The van der Waals surface area contributed by atoms with Gasteiger partial charge in [0.25, 0.3) is 10.0 Å². The molecule has 7 nitrogen and oxygen atoms in total. The second kappa shape index (κ2) is 13.7. The molecule has 0 bridgehead atoms. The van der Waals surface area contributed by atoms with Crippen molar-refractivity contribution in [1.82, 2.24) is 10.2 Å². The number of nitrogens with one attached hydrogen (secondary N) is 1. The number of likely N-dealkylation sites (N-methyl/N-ethyl adjacent to an activating group) is 1. The van der Waals surface area contributed by atoms with Gasteiger partial charge in [-0.15, -0.1) is 0 Å². The summed E-state index contributed by atoms with van der Waals surface area (Å²) in [6.07, 6.45) is 0.310. The lowest BCUT2D eigenvalue weighted by molar-refractivity contribution is -0.140. The quantitative estimate of drug-likeness (QED) is 0.267. The van der Waals surface area contributed by atoms with Crippen molar-refractivity contribution in [3.63, 3.8) is 0 Å². The fraction of sp³-hybridized carbons (Fsp3) is 0.286. The van der Waals surface area contributed by atoms with E-state index in [9.17, 15) is 18.0 Å². The van der Waals surface area contributed by atoms with Crippen LogP contribution < -0.4 is 9.62 Å². The number of anilines is 1. The third-order valence-corrected chi connectivity index (χ3v) is 8.95. The minimum Gasteiger partial charge on any atom is -0.355 e. The minimum atomic E-state index is -4.14. The zero-order chi connectivity index (χ0) is 28.7. The lowest BCUT2D eigenvalue weighted by atomic mass is 10.1. The average Bonchev–Trinajstić information content (AvgIpc) is 2.88. The maximum atomic E-state index is 14.0. The molecule has 0 fully saturated rings. The lowest BCUT2D eigenvalue weighted by Crippen LogP contribution is -2.52. The number of amides is 2. The summed E-state index contributed by atoms with van der Waals surface area (Å²) in [6.45, 7) is 5.27. The first-order valence-electron chi connectivity index (χ1n) is 12.3. The van der Waals surface area contributed by atoms with Crippen molar-refractivity contribution in [2.75, 3.05) is 17.4 Å². The third-order valence-electron chi connectivity index (χ3n) is 6.08. The summed E-state index contributed by atoms with van der Waals surface area (Å²) in [5.41, 5.74) is 1.78. The van der Waals surface area contributed by atoms with Gasteiger partial charge in [0.05, 0.1) is 10.6 Å². The smallest absolute Gasteiger partial charge is 0.264 e. The van der Waals surface area contributed by atoms with Crippen LogP contribution >= 0.6 is 39.1 Å². The Balaban J connectivity index is 2.08. The Kier molecular flexibility index (Phi) is 10.8. The van der Waals surface area contributed by atoms with Crippen molar-refractivity contribution < 1.29 is 18.0 Å². The molecule has 208 valence electrons. The molecule has 3 rings (SSSR count). The molecule has 0 aliphatic carbocycles. The number of rotatable bonds is 11. The number of carbonyl (C=O) groups excluding carboxylic acids is 2. The van der Waals surface area contributed by atoms with Crippen LogP contribution in [0.3, 0.4) is 0 Å². The van der Waals surface area contributed by atoms with Crippen LogP contribution in [0.15, 0.2) is 76.1 Å². The molecule has 11 heteroatoms. The number of carbonyl (C=O) groups is 2. The number of halogens is 3. The molecule has 0 spiro atoms. The number of hydrogen-bond donors (Lipinski definition) is 1. The number of nitrogens with zero attached hydrogens (tertiary/aromatic N) is 2. The monoisotopic (exact) mass is 653 g/mol. The zero-order valence-electron chi connectivity index (χ0n) is 21.8. The van der Waals surface area contributed by atoms with Crippen LogP contribution in [-0.2, 0) is 26.2 Å². The van der Waals surface area contributed by atoms with Crippen molar-refractivity contribution >= 4 is 66.7 Å². The Hall–Kier alpha value is -2.59. The van der Waals surface area contributed by atoms with Gasteiger partial charge in [-0.1, -0.05) is 75.9 Å². The highest BCUT2D eigenvalue weighted by Crippen LogP contribution is 2.28. The highest BCUT2D eigenvalue weighted by Gasteiger charge is 2.34. The number of benzene rings is 3. The molecule has 0 heterocycles. The standard InChI is InChI=1S/C28H30BrCl2N3O4S/c1-4-26(28(36)32-5-2)33(17-20-11-12-22(30)16-25(20)31)27(35)18-34(23-8-6-7-21(29)15-23)39(37,38)24-13-9-19(3)10-14-24/h6-16,26H,4-5,17-18H2,1-3H3,(H,32,36)/t26-/m1/s1. The van der Waals surface area contributed by atoms with Crippen LogP contribution in [-0.4, -0.2) is 44.3 Å². The molecule has 0 saturated carbocycles. The van der Waals surface area contributed by atoms with E-state index in [4.69, 9.17) is 23.2 Å². The highest BCUT2D eigenvalue weighted by molar-refractivity contribution is 9.10. The van der Waals surface area contributed by atoms with E-state index < -0.39 is 28.5 Å². The molecule has 1 N–H and O–H groups in total. The van der Waals surface area contributed by atoms with Gasteiger partial charge in [-0.2, -0.15) is 0 Å². The van der Waals surface area contributed by atoms with Gasteiger partial charge in [0.2, 0.25) is 11.8 Å². The van der Waals surface area contributed by atoms with Crippen LogP contribution in [0, 0.1) is 6.92 Å². The van der Waals surface area contributed by atoms with Crippen molar-refractivity contribution in [2.45, 2.75) is 44.7 Å². The Morgan fingerprint density at radius 3 is 2.28 bits per heavy atom. The molecule has 3 aromatic rings. The van der Waals surface area contributed by atoms with Gasteiger partial charge in [0, 0.05) is 27.6 Å². The molecule has 0 unspecified atom stereocenters. The van der Waals surface area contributed by atoms with Crippen LogP contribution in [0.5, 0.6) is 0 Å². The van der Waals surface area contributed by atoms with Crippen molar-refractivity contribution in [3.8, 4) is 0 Å². The molecular weight excluding hydrogens is 625 g/mol. The largest absolute Gasteiger partial charge is 0.355 e. The van der Waals surface area contributed by atoms with Crippen LogP contribution in [0.25, 0.3) is 0 Å². The predicted octanol–water partition coefficient (Wildman–Crippen LogP) is 6.20. The van der Waals surface area contributed by atoms with E-state index in [0.717, 1.165) is 9.87 Å². The molecule has 39 heavy (non-hydrogen) atoms. The zero-order valence-corrected chi connectivity index (χ0v) is 25.7. The molecule has 0 aliphatic heterocycles. The van der Waals surface area contributed by atoms with Gasteiger partial charge in [0.1, 0.15) is 12.6 Å². The van der Waals surface area contributed by atoms with Crippen molar-refractivity contribution in [2.24, 2.45) is 0 Å². The maximum Gasteiger partial charge on any atom is 0.264 e. The Morgan fingerprint density at radius 1 is 1.00 bits per heavy atom. The van der Waals surface area contributed by atoms with Crippen LogP contribution in [0.2, 0.25) is 10.0 Å². The van der Waals surface area contributed by atoms with E-state index in [1.807, 2.05) is 6.92 Å². The SMILES string of the molecule is CCNC(=O)[C@@H](CC)N(Cc1ccc(Cl)cc1Cl)C(=O)CN(c1cccc(Br)c1)S(=O)(=O)c1ccc(C)cc1. The number of sulfonamides is 1. The lowest BCUT2D eigenvalue weighted by Gasteiger charge is -2.33. The summed E-state index contributed by atoms with van der Waals surface area (Å²) >= 11 is 15.9. The van der Waals surface area contributed by atoms with Gasteiger partial charge < -0.3 is 10.2 Å². The van der Waals surface area contributed by atoms with Gasteiger partial charge in [-0.3, -0.25) is 13.9 Å². The Labute approximate surface area is 248 Å². The molecule has 0 saturated heterocycles. The van der Waals surface area contributed by atoms with Gasteiger partial charge in [-0.05, 0) is 68.3 Å². The predicted molar refractivity (Wildman–Crippen MR) is 160 cm³/mol. The van der Waals surface area contributed by atoms with E-state index in [-0.39, 0.29) is 17.3 Å². The number of hydrogen-bond acceptors (Lipinski definition) is 4. The second-order valence-electron chi connectivity index (χ2n) is 8.88. The van der Waals surface area contributed by atoms with Gasteiger partial charge >= 0.3 is 0 Å². The van der Waals surface area contributed by atoms with E-state index in [1.165, 1.54) is 17.0 Å². The maximum absolute atomic E-state index is 14.0.